The highest BCUT2D eigenvalue weighted by Gasteiger charge is 2.22. The Morgan fingerprint density at radius 2 is 2.05 bits per heavy atom. The van der Waals surface area contributed by atoms with Gasteiger partial charge in [0.05, 0.1) is 26.4 Å². The molecule has 1 aromatic carbocycles. The molecule has 2 unspecified atom stereocenters. The molecule has 1 aromatic rings. The molecule has 0 spiro atoms. The highest BCUT2D eigenvalue weighted by molar-refractivity contribution is 5.27. The van der Waals surface area contributed by atoms with E-state index in [1.54, 1.807) is 7.11 Å². The first kappa shape index (κ1) is 15.3. The molecule has 5 nitrogen and oxygen atoms in total. The van der Waals surface area contributed by atoms with Gasteiger partial charge in [-0.1, -0.05) is 12.1 Å². The van der Waals surface area contributed by atoms with Crippen LogP contribution in [0, 0.1) is 0 Å². The lowest BCUT2D eigenvalue weighted by molar-refractivity contribution is 0.00761. The second-order valence-electron chi connectivity index (χ2n) is 4.84. The number of hydrogen-bond acceptors (Lipinski definition) is 5. The molecular weight excluding hydrogens is 260 g/mol. The molecule has 1 fully saturated rings. The molecule has 2 atom stereocenters. The van der Waals surface area contributed by atoms with E-state index in [4.69, 9.17) is 18.9 Å². The van der Waals surface area contributed by atoms with Crippen molar-refractivity contribution in [2.24, 2.45) is 0 Å². The van der Waals surface area contributed by atoms with Crippen LogP contribution in [-0.4, -0.2) is 57.5 Å². The first-order valence-corrected chi connectivity index (χ1v) is 6.86. The Morgan fingerprint density at radius 3 is 2.70 bits per heavy atom. The van der Waals surface area contributed by atoms with Gasteiger partial charge in [-0.25, -0.2) is 0 Å². The van der Waals surface area contributed by atoms with Crippen LogP contribution in [0.2, 0.25) is 0 Å². The Hall–Kier alpha value is -1.14. The Balaban J connectivity index is 1.61. The van der Waals surface area contributed by atoms with Gasteiger partial charge in [0.2, 0.25) is 0 Å². The van der Waals surface area contributed by atoms with Crippen molar-refractivity contribution in [1.82, 2.24) is 0 Å². The summed E-state index contributed by atoms with van der Waals surface area (Å²) in [4.78, 5) is 0. The molecule has 1 N–H and O–H groups in total. The predicted molar refractivity (Wildman–Crippen MR) is 74.1 cm³/mol. The normalized spacial score (nSPS) is 18.8. The van der Waals surface area contributed by atoms with Crippen molar-refractivity contribution < 1.29 is 24.1 Å². The number of epoxide rings is 1. The minimum atomic E-state index is -0.623. The van der Waals surface area contributed by atoms with Crippen LogP contribution >= 0.6 is 0 Å². The predicted octanol–water partition coefficient (Wildman–Crippen LogP) is 1.03. The number of hydrogen-bond donors (Lipinski definition) is 1. The summed E-state index contributed by atoms with van der Waals surface area (Å²) in [5.41, 5.74) is 1.20. The molecule has 0 aromatic heterocycles. The largest absolute Gasteiger partial charge is 0.491 e. The van der Waals surface area contributed by atoms with Crippen LogP contribution in [0.25, 0.3) is 0 Å². The standard InChI is InChI=1S/C15H22O5/c1-17-7-6-12-2-4-14(5-3-12)19-9-13(16)8-18-10-15-11-20-15/h2-5,13,15-16H,6-11H2,1H3. The SMILES string of the molecule is COCCc1ccc(OCC(O)COCC2CO2)cc1. The second kappa shape index (κ2) is 8.21. The van der Waals surface area contributed by atoms with Gasteiger partial charge >= 0.3 is 0 Å². The molecule has 2 rings (SSSR count). The summed E-state index contributed by atoms with van der Waals surface area (Å²) in [5.74, 6) is 0.746. The van der Waals surface area contributed by atoms with Gasteiger partial charge in [-0.3, -0.25) is 0 Å². The minimum absolute atomic E-state index is 0.225. The lowest BCUT2D eigenvalue weighted by Crippen LogP contribution is -2.24. The molecule has 1 aliphatic rings. The van der Waals surface area contributed by atoms with Crippen LogP contribution in [0.3, 0.4) is 0 Å². The molecule has 20 heavy (non-hydrogen) atoms. The molecule has 112 valence electrons. The van der Waals surface area contributed by atoms with Crippen molar-refractivity contribution in [3.8, 4) is 5.75 Å². The Labute approximate surface area is 119 Å². The van der Waals surface area contributed by atoms with E-state index in [0.29, 0.717) is 13.2 Å². The van der Waals surface area contributed by atoms with Crippen LogP contribution in [0.5, 0.6) is 5.75 Å². The zero-order valence-electron chi connectivity index (χ0n) is 11.8. The third-order valence-corrected chi connectivity index (χ3v) is 2.98. The molecule has 5 heteroatoms. The third kappa shape index (κ3) is 5.88. The molecule has 0 radical (unpaired) electrons. The third-order valence-electron chi connectivity index (χ3n) is 2.98. The Bertz CT molecular complexity index is 374. The lowest BCUT2D eigenvalue weighted by atomic mass is 10.1. The van der Waals surface area contributed by atoms with Crippen molar-refractivity contribution in [3.63, 3.8) is 0 Å². The van der Waals surface area contributed by atoms with Crippen molar-refractivity contribution in [1.29, 1.82) is 0 Å². The molecule has 0 amide bonds. The molecular formula is C15H22O5. The number of benzene rings is 1. The smallest absolute Gasteiger partial charge is 0.119 e. The summed E-state index contributed by atoms with van der Waals surface area (Å²) in [6.45, 7) is 2.52. The summed E-state index contributed by atoms with van der Waals surface area (Å²) in [7, 11) is 1.69. The van der Waals surface area contributed by atoms with Gasteiger partial charge < -0.3 is 24.1 Å². The number of aliphatic hydroxyl groups is 1. The fraction of sp³-hybridized carbons (Fsp3) is 0.600. The van der Waals surface area contributed by atoms with Crippen molar-refractivity contribution >= 4 is 0 Å². The maximum absolute atomic E-state index is 9.71. The average Bonchev–Trinajstić information content (AvgIpc) is 3.28. The van der Waals surface area contributed by atoms with E-state index in [-0.39, 0.29) is 19.3 Å². The fourth-order valence-electron chi connectivity index (χ4n) is 1.71. The first-order valence-electron chi connectivity index (χ1n) is 6.86. The van der Waals surface area contributed by atoms with Crippen molar-refractivity contribution in [2.45, 2.75) is 18.6 Å². The van der Waals surface area contributed by atoms with Crippen molar-refractivity contribution in [2.75, 3.05) is 40.1 Å². The number of aliphatic hydroxyl groups excluding tert-OH is 1. The van der Waals surface area contributed by atoms with E-state index in [1.165, 1.54) is 5.56 Å². The highest BCUT2D eigenvalue weighted by atomic mass is 16.6. The van der Waals surface area contributed by atoms with Gasteiger partial charge in [0.25, 0.3) is 0 Å². The molecule has 0 aliphatic carbocycles. The van der Waals surface area contributed by atoms with E-state index >= 15 is 0 Å². The number of rotatable bonds is 10. The fourth-order valence-corrected chi connectivity index (χ4v) is 1.71. The number of ether oxygens (including phenoxy) is 4. The van der Waals surface area contributed by atoms with E-state index in [0.717, 1.165) is 18.8 Å². The van der Waals surface area contributed by atoms with E-state index in [2.05, 4.69) is 0 Å². The minimum Gasteiger partial charge on any atom is -0.491 e. The monoisotopic (exact) mass is 282 g/mol. The summed E-state index contributed by atoms with van der Waals surface area (Å²) in [6.07, 6.45) is 0.487. The van der Waals surface area contributed by atoms with Crippen LogP contribution in [0.1, 0.15) is 5.56 Å². The van der Waals surface area contributed by atoms with E-state index in [1.807, 2.05) is 24.3 Å². The summed E-state index contributed by atoms with van der Waals surface area (Å²) >= 11 is 0. The van der Waals surface area contributed by atoms with Gasteiger partial charge in [-0.05, 0) is 24.1 Å². The maximum Gasteiger partial charge on any atom is 0.119 e. The number of methoxy groups -OCH3 is 1. The average molecular weight is 282 g/mol. The van der Waals surface area contributed by atoms with Crippen LogP contribution < -0.4 is 4.74 Å². The molecule has 0 saturated carbocycles. The molecule has 1 saturated heterocycles. The Morgan fingerprint density at radius 1 is 1.30 bits per heavy atom. The summed E-state index contributed by atoms with van der Waals surface area (Å²) in [6, 6.07) is 7.80. The second-order valence-corrected chi connectivity index (χ2v) is 4.84. The quantitative estimate of drug-likeness (QED) is 0.650. The summed E-state index contributed by atoms with van der Waals surface area (Å²) in [5, 5.41) is 9.71. The maximum atomic E-state index is 9.71. The van der Waals surface area contributed by atoms with Gasteiger partial charge in [0.15, 0.2) is 0 Å². The summed E-state index contributed by atoms with van der Waals surface area (Å²) < 4.78 is 20.8. The van der Waals surface area contributed by atoms with Gasteiger partial charge in [-0.15, -0.1) is 0 Å². The van der Waals surface area contributed by atoms with Crippen molar-refractivity contribution in [3.05, 3.63) is 29.8 Å². The van der Waals surface area contributed by atoms with Crippen LogP contribution in [-0.2, 0) is 20.6 Å². The zero-order chi connectivity index (χ0) is 14.2. The zero-order valence-corrected chi connectivity index (χ0v) is 11.8. The van der Waals surface area contributed by atoms with E-state index < -0.39 is 6.10 Å². The highest BCUT2D eigenvalue weighted by Crippen LogP contribution is 2.13. The van der Waals surface area contributed by atoms with Gasteiger partial charge in [0, 0.05) is 7.11 Å². The van der Waals surface area contributed by atoms with Crippen LogP contribution in [0.15, 0.2) is 24.3 Å². The molecule has 0 bridgehead atoms. The molecule has 1 aliphatic heterocycles. The topological polar surface area (TPSA) is 60.5 Å². The first-order chi connectivity index (χ1) is 9.78. The van der Waals surface area contributed by atoms with Gasteiger partial charge in [0.1, 0.15) is 24.6 Å². The lowest BCUT2D eigenvalue weighted by Gasteiger charge is -2.12. The molecule has 1 heterocycles. The Kier molecular flexibility index (Phi) is 6.26. The van der Waals surface area contributed by atoms with Gasteiger partial charge in [-0.2, -0.15) is 0 Å². The van der Waals surface area contributed by atoms with Crippen LogP contribution in [0.4, 0.5) is 0 Å². The van der Waals surface area contributed by atoms with E-state index in [9.17, 15) is 5.11 Å².